The molecular weight excluding hydrogens is 497 g/mol. The molecule has 0 saturated carbocycles. The van der Waals surface area contributed by atoms with Crippen molar-refractivity contribution in [2.24, 2.45) is 0 Å². The zero-order chi connectivity index (χ0) is 26.5. The van der Waals surface area contributed by atoms with Gasteiger partial charge in [-0.2, -0.15) is 4.57 Å². The van der Waals surface area contributed by atoms with Gasteiger partial charge in [-0.1, -0.05) is 0 Å². The number of aromatic nitrogens is 1. The molecule has 0 radical (unpaired) electrons. The summed E-state index contributed by atoms with van der Waals surface area (Å²) in [6.07, 6.45) is 3.13. The van der Waals surface area contributed by atoms with E-state index in [-0.39, 0.29) is 12.6 Å². The lowest BCUT2D eigenvalue weighted by Gasteiger charge is -2.36. The number of pyridine rings is 1. The summed E-state index contributed by atoms with van der Waals surface area (Å²) in [5.41, 5.74) is 5.89. The molecule has 3 aromatic carbocycles. The van der Waals surface area contributed by atoms with E-state index in [0.29, 0.717) is 0 Å². The second-order valence-electron chi connectivity index (χ2n) is 10.3. The minimum atomic E-state index is -0.203. The highest BCUT2D eigenvalue weighted by atomic mass is 19.1. The van der Waals surface area contributed by atoms with Crippen LogP contribution in [0.5, 0.6) is 23.0 Å². The minimum Gasteiger partial charge on any atom is -0.493 e. The summed E-state index contributed by atoms with van der Waals surface area (Å²) in [5.74, 6) is 2.92. The maximum Gasteiger partial charge on any atom is 0.231 e. The van der Waals surface area contributed by atoms with E-state index in [9.17, 15) is 4.39 Å². The van der Waals surface area contributed by atoms with Crippen molar-refractivity contribution in [2.45, 2.75) is 19.5 Å². The van der Waals surface area contributed by atoms with Crippen LogP contribution in [-0.4, -0.2) is 52.1 Å². The Morgan fingerprint density at radius 3 is 2.41 bits per heavy atom. The smallest absolute Gasteiger partial charge is 0.231 e. The van der Waals surface area contributed by atoms with Gasteiger partial charge in [-0.3, -0.25) is 4.90 Å². The van der Waals surface area contributed by atoms with Crippen molar-refractivity contribution in [1.82, 2.24) is 4.90 Å². The molecule has 7 nitrogen and oxygen atoms in total. The Hall–Kier alpha value is -4.04. The molecule has 8 heteroatoms. The van der Waals surface area contributed by atoms with Gasteiger partial charge in [0.25, 0.3) is 0 Å². The first-order valence-electron chi connectivity index (χ1n) is 13.4. The van der Waals surface area contributed by atoms with E-state index in [1.807, 2.05) is 12.1 Å². The standard InChI is InChI=1S/C31H31FN3O4/c1-36-30-14-21(17-33-9-11-34(12-10-33)23-5-3-22(32)4-6-23)24-15-27-25-16-29-28(38-19-39-29)13-20(25)7-8-35(27)18-26(24)31(30)37-2/h3-6,13-16,18H,7-12,17,19H2,1-2H3/q+1. The van der Waals surface area contributed by atoms with Crippen molar-refractivity contribution in [3.05, 3.63) is 71.7 Å². The van der Waals surface area contributed by atoms with Gasteiger partial charge in [0.2, 0.25) is 12.5 Å². The molecule has 7 rings (SSSR count). The number of ether oxygens (including phenoxy) is 4. The van der Waals surface area contributed by atoms with Crippen LogP contribution in [0.15, 0.2) is 54.7 Å². The SMILES string of the molecule is COc1cc(CN2CCN(c3ccc(F)cc3)CC2)c2cc3[n+](cc2c1OC)CCc1cc2c(cc1-3)OCO2. The summed E-state index contributed by atoms with van der Waals surface area (Å²) in [6.45, 7) is 5.56. The van der Waals surface area contributed by atoms with Crippen LogP contribution in [0.2, 0.25) is 0 Å². The van der Waals surface area contributed by atoms with Crippen LogP contribution in [0.4, 0.5) is 10.1 Å². The number of rotatable bonds is 5. The predicted octanol–water partition coefficient (Wildman–Crippen LogP) is 4.56. The van der Waals surface area contributed by atoms with Gasteiger partial charge in [-0.05, 0) is 53.6 Å². The Bertz CT molecular complexity index is 1570. The molecule has 0 unspecified atom stereocenters. The van der Waals surface area contributed by atoms with E-state index >= 15 is 0 Å². The van der Waals surface area contributed by atoms with Crippen LogP contribution in [0.3, 0.4) is 0 Å². The van der Waals surface area contributed by atoms with Crippen molar-refractivity contribution < 1.29 is 27.9 Å². The highest BCUT2D eigenvalue weighted by Crippen LogP contribution is 2.43. The molecule has 0 bridgehead atoms. The molecule has 4 heterocycles. The van der Waals surface area contributed by atoms with E-state index in [4.69, 9.17) is 18.9 Å². The van der Waals surface area contributed by atoms with Gasteiger partial charge in [0.1, 0.15) is 5.82 Å². The van der Waals surface area contributed by atoms with Crippen molar-refractivity contribution in [3.8, 4) is 34.3 Å². The lowest BCUT2D eigenvalue weighted by atomic mass is 9.93. The summed E-state index contributed by atoms with van der Waals surface area (Å²) in [4.78, 5) is 4.79. The Morgan fingerprint density at radius 1 is 0.897 bits per heavy atom. The third-order valence-corrected chi connectivity index (χ3v) is 8.16. The number of benzene rings is 3. The number of fused-ring (bicyclic) bond motifs is 5. The Balaban J connectivity index is 1.25. The highest BCUT2D eigenvalue weighted by Gasteiger charge is 2.30. The largest absolute Gasteiger partial charge is 0.493 e. The Labute approximate surface area is 226 Å². The van der Waals surface area contributed by atoms with Gasteiger partial charge in [0, 0.05) is 56.3 Å². The summed E-state index contributed by atoms with van der Waals surface area (Å²) >= 11 is 0. The molecule has 0 N–H and O–H groups in total. The predicted molar refractivity (Wildman–Crippen MR) is 146 cm³/mol. The molecule has 1 fully saturated rings. The monoisotopic (exact) mass is 528 g/mol. The normalized spacial score (nSPS) is 16.2. The van der Waals surface area contributed by atoms with Crippen molar-refractivity contribution in [1.29, 1.82) is 0 Å². The lowest BCUT2D eigenvalue weighted by Crippen LogP contribution is -2.46. The summed E-state index contributed by atoms with van der Waals surface area (Å²) in [7, 11) is 3.39. The number of methoxy groups -OCH3 is 2. The molecule has 0 aliphatic carbocycles. The fourth-order valence-electron chi connectivity index (χ4n) is 6.11. The summed E-state index contributed by atoms with van der Waals surface area (Å²) in [5, 5.41) is 2.20. The van der Waals surface area contributed by atoms with Gasteiger partial charge >= 0.3 is 0 Å². The molecule has 0 amide bonds. The first kappa shape index (κ1) is 24.0. The van der Waals surface area contributed by atoms with Crippen LogP contribution in [0.1, 0.15) is 11.1 Å². The maximum atomic E-state index is 13.4. The molecule has 1 aromatic heterocycles. The van der Waals surface area contributed by atoms with Crippen LogP contribution in [-0.2, 0) is 19.5 Å². The number of hydrogen-bond donors (Lipinski definition) is 0. The Kier molecular flexibility index (Phi) is 5.92. The quantitative estimate of drug-likeness (QED) is 0.354. The first-order chi connectivity index (χ1) is 19.1. The van der Waals surface area contributed by atoms with Crippen LogP contribution >= 0.6 is 0 Å². The molecule has 0 atom stereocenters. The lowest BCUT2D eigenvalue weighted by molar-refractivity contribution is -0.686. The second-order valence-corrected chi connectivity index (χ2v) is 10.3. The van der Waals surface area contributed by atoms with Crippen molar-refractivity contribution in [2.75, 3.05) is 52.1 Å². The van der Waals surface area contributed by atoms with Gasteiger partial charge < -0.3 is 23.8 Å². The average Bonchev–Trinajstić information content (AvgIpc) is 3.43. The zero-order valence-corrected chi connectivity index (χ0v) is 22.2. The van der Waals surface area contributed by atoms with Crippen LogP contribution < -0.4 is 28.4 Å². The molecule has 200 valence electrons. The third-order valence-electron chi connectivity index (χ3n) is 8.16. The van der Waals surface area contributed by atoms with Gasteiger partial charge in [0.05, 0.1) is 25.2 Å². The second kappa shape index (κ2) is 9.61. The molecular formula is C31H31FN3O4+. The number of nitrogens with zero attached hydrogens (tertiary/aromatic N) is 3. The number of halogens is 1. The van der Waals surface area contributed by atoms with E-state index in [1.54, 1.807) is 14.2 Å². The fraction of sp³-hybridized carbons (Fsp3) is 0.323. The van der Waals surface area contributed by atoms with Crippen molar-refractivity contribution >= 4 is 16.5 Å². The molecule has 3 aliphatic rings. The molecule has 1 saturated heterocycles. The van der Waals surface area contributed by atoms with E-state index in [2.05, 4.69) is 44.8 Å². The van der Waals surface area contributed by atoms with Crippen molar-refractivity contribution in [3.63, 3.8) is 0 Å². The average molecular weight is 529 g/mol. The number of hydrogen-bond acceptors (Lipinski definition) is 6. The number of aryl methyl sites for hydroxylation is 2. The van der Waals surface area contributed by atoms with Crippen LogP contribution in [0.25, 0.3) is 22.0 Å². The van der Waals surface area contributed by atoms with Gasteiger partial charge in [-0.25, -0.2) is 4.39 Å². The summed E-state index contributed by atoms with van der Waals surface area (Å²) in [6, 6.07) is 15.4. The molecule has 39 heavy (non-hydrogen) atoms. The fourth-order valence-corrected chi connectivity index (χ4v) is 6.11. The first-order valence-corrected chi connectivity index (χ1v) is 13.4. The van der Waals surface area contributed by atoms with E-state index < -0.39 is 0 Å². The Morgan fingerprint density at radius 2 is 1.67 bits per heavy atom. The van der Waals surface area contributed by atoms with Gasteiger partial charge in [0.15, 0.2) is 35.7 Å². The number of anilines is 1. The van der Waals surface area contributed by atoms with E-state index in [0.717, 1.165) is 90.8 Å². The molecule has 3 aliphatic heterocycles. The van der Waals surface area contributed by atoms with Gasteiger partial charge in [-0.15, -0.1) is 0 Å². The minimum absolute atomic E-state index is 0.203. The number of piperazine rings is 1. The molecule has 4 aromatic rings. The zero-order valence-electron chi connectivity index (χ0n) is 22.2. The maximum absolute atomic E-state index is 13.4. The summed E-state index contributed by atoms with van der Waals surface area (Å²) < 4.78 is 38.7. The molecule has 0 spiro atoms. The topological polar surface area (TPSA) is 47.3 Å². The third kappa shape index (κ3) is 4.19. The highest BCUT2D eigenvalue weighted by molar-refractivity contribution is 5.94. The van der Waals surface area contributed by atoms with E-state index in [1.165, 1.54) is 28.8 Å². The van der Waals surface area contributed by atoms with Crippen LogP contribution in [0, 0.1) is 5.82 Å².